The Kier molecular flexibility index (Phi) is 26.5. The summed E-state index contributed by atoms with van der Waals surface area (Å²) in [6, 6.07) is -0.525. The maximum Gasteiger partial charge on any atom is 0.220 e. The lowest BCUT2D eigenvalue weighted by Gasteiger charge is -2.22. The second-order valence-electron chi connectivity index (χ2n) is 10.5. The number of unbranched alkanes of at least 4 members (excludes halogenated alkanes) is 20. The molecular weight excluding hydrogens is 422 g/mol. The largest absolute Gasteiger partial charge is 0.394 e. The zero-order valence-corrected chi connectivity index (χ0v) is 23.1. The predicted octanol–water partition coefficient (Wildman–Crippen LogP) is 8.23. The normalized spacial score (nSPS) is 13.2. The number of rotatable bonds is 27. The topological polar surface area (TPSA) is 69.6 Å². The van der Waals surface area contributed by atoms with Crippen LogP contribution in [0.2, 0.25) is 0 Å². The van der Waals surface area contributed by atoms with E-state index in [4.69, 9.17) is 0 Å². The third kappa shape index (κ3) is 23.1. The molecule has 4 nitrogen and oxygen atoms in total. The van der Waals surface area contributed by atoms with Gasteiger partial charge in [-0.2, -0.15) is 0 Å². The van der Waals surface area contributed by atoms with E-state index in [1.807, 2.05) is 0 Å². The molecule has 0 spiro atoms. The maximum atomic E-state index is 12.2. The van der Waals surface area contributed by atoms with Crippen LogP contribution in [0.15, 0.2) is 0 Å². The molecule has 0 aromatic carbocycles. The van der Waals surface area contributed by atoms with Crippen molar-refractivity contribution in [3.63, 3.8) is 0 Å². The molecule has 0 aromatic heterocycles. The van der Waals surface area contributed by atoms with E-state index in [2.05, 4.69) is 19.2 Å². The average Bonchev–Trinajstić information content (AvgIpc) is 2.84. The van der Waals surface area contributed by atoms with Gasteiger partial charge < -0.3 is 15.5 Å². The minimum Gasteiger partial charge on any atom is -0.394 e. The average molecular weight is 484 g/mol. The van der Waals surface area contributed by atoms with Crippen LogP contribution < -0.4 is 5.32 Å². The van der Waals surface area contributed by atoms with Gasteiger partial charge in [0.25, 0.3) is 0 Å². The van der Waals surface area contributed by atoms with E-state index in [1.165, 1.54) is 116 Å². The first-order valence-corrected chi connectivity index (χ1v) is 15.2. The smallest absolute Gasteiger partial charge is 0.220 e. The summed E-state index contributed by atoms with van der Waals surface area (Å²) in [5.74, 6) is -0.0349. The van der Waals surface area contributed by atoms with Gasteiger partial charge in [0.2, 0.25) is 5.91 Å². The van der Waals surface area contributed by atoms with Gasteiger partial charge in [0, 0.05) is 6.42 Å². The summed E-state index contributed by atoms with van der Waals surface area (Å²) in [6.45, 7) is 4.32. The molecule has 0 radical (unpaired) electrons. The monoisotopic (exact) mass is 483 g/mol. The molecule has 0 saturated heterocycles. The quantitative estimate of drug-likeness (QED) is 0.103. The van der Waals surface area contributed by atoms with Crippen LogP contribution in [-0.4, -0.2) is 34.9 Å². The molecule has 0 rings (SSSR count). The Hall–Kier alpha value is -0.610. The molecule has 0 aliphatic rings. The fraction of sp³-hybridized carbons (Fsp3) is 0.967. The summed E-state index contributed by atoms with van der Waals surface area (Å²) in [4.78, 5) is 12.2. The van der Waals surface area contributed by atoms with Gasteiger partial charge in [0.05, 0.1) is 18.8 Å². The number of hydrogen-bond donors (Lipinski definition) is 3. The Morgan fingerprint density at radius 3 is 1.32 bits per heavy atom. The highest BCUT2D eigenvalue weighted by Crippen LogP contribution is 2.14. The van der Waals surface area contributed by atoms with Gasteiger partial charge in [0.1, 0.15) is 0 Å². The van der Waals surface area contributed by atoms with Crippen molar-refractivity contribution in [1.82, 2.24) is 5.32 Å². The van der Waals surface area contributed by atoms with Crippen molar-refractivity contribution in [2.24, 2.45) is 0 Å². The zero-order valence-electron chi connectivity index (χ0n) is 23.1. The summed E-state index contributed by atoms with van der Waals surface area (Å²) < 4.78 is 0. The number of nitrogens with one attached hydrogen (secondary N) is 1. The van der Waals surface area contributed by atoms with Crippen LogP contribution in [0, 0.1) is 0 Å². The van der Waals surface area contributed by atoms with E-state index in [0.29, 0.717) is 12.8 Å². The predicted molar refractivity (Wildman–Crippen MR) is 147 cm³/mol. The van der Waals surface area contributed by atoms with Gasteiger partial charge in [-0.15, -0.1) is 0 Å². The van der Waals surface area contributed by atoms with Gasteiger partial charge in [-0.3, -0.25) is 4.79 Å². The van der Waals surface area contributed by atoms with Gasteiger partial charge in [-0.1, -0.05) is 149 Å². The number of carbonyl (C=O) groups excluding carboxylic acids is 1. The van der Waals surface area contributed by atoms with Crippen molar-refractivity contribution in [3.05, 3.63) is 0 Å². The Bertz CT molecular complexity index is 416. The van der Waals surface area contributed by atoms with Gasteiger partial charge in [-0.05, 0) is 12.8 Å². The Morgan fingerprint density at radius 2 is 0.941 bits per heavy atom. The van der Waals surface area contributed by atoms with E-state index in [-0.39, 0.29) is 12.5 Å². The van der Waals surface area contributed by atoms with E-state index in [9.17, 15) is 15.0 Å². The molecule has 0 aromatic rings. The first kappa shape index (κ1) is 33.4. The molecule has 0 aliphatic heterocycles. The third-order valence-corrected chi connectivity index (χ3v) is 7.12. The van der Waals surface area contributed by atoms with Crippen LogP contribution >= 0.6 is 0 Å². The molecule has 0 unspecified atom stereocenters. The van der Waals surface area contributed by atoms with Crippen LogP contribution in [0.5, 0.6) is 0 Å². The maximum absolute atomic E-state index is 12.2. The summed E-state index contributed by atoms with van der Waals surface area (Å²) in [5, 5.41) is 22.9. The summed E-state index contributed by atoms with van der Waals surface area (Å²) in [6.07, 6.45) is 28.5. The number of aliphatic hydroxyl groups is 2. The molecule has 0 bridgehead atoms. The van der Waals surface area contributed by atoms with Crippen molar-refractivity contribution in [2.45, 2.75) is 180 Å². The summed E-state index contributed by atoms with van der Waals surface area (Å²) in [5.41, 5.74) is 0. The third-order valence-electron chi connectivity index (χ3n) is 7.12. The molecule has 4 heteroatoms. The standard InChI is InChI=1S/C30H61NO3/c1-3-5-7-9-11-13-15-16-17-19-21-23-25-29(33)28(27-32)31-30(34)26-24-22-20-18-14-12-10-8-6-4-2/h28-29,32-33H,3-27H2,1-2H3,(H,31,34)/t28-,29+/m0/s1. The van der Waals surface area contributed by atoms with Crippen molar-refractivity contribution in [3.8, 4) is 0 Å². The molecule has 0 fully saturated rings. The number of aliphatic hydroxyl groups excluding tert-OH is 2. The number of hydrogen-bond acceptors (Lipinski definition) is 3. The molecule has 0 heterocycles. The zero-order chi connectivity index (χ0) is 25.1. The molecule has 204 valence electrons. The Labute approximate surface area is 213 Å². The molecular formula is C30H61NO3. The minimum absolute atomic E-state index is 0.0349. The lowest BCUT2D eigenvalue weighted by atomic mass is 10.0. The molecule has 3 N–H and O–H groups in total. The summed E-state index contributed by atoms with van der Waals surface area (Å²) in [7, 11) is 0. The Morgan fingerprint density at radius 1 is 0.588 bits per heavy atom. The van der Waals surface area contributed by atoms with Crippen LogP contribution in [0.25, 0.3) is 0 Å². The first-order chi connectivity index (χ1) is 16.7. The molecule has 34 heavy (non-hydrogen) atoms. The van der Waals surface area contributed by atoms with Crippen LogP contribution in [0.3, 0.4) is 0 Å². The first-order valence-electron chi connectivity index (χ1n) is 15.2. The van der Waals surface area contributed by atoms with E-state index in [0.717, 1.165) is 25.7 Å². The highest BCUT2D eigenvalue weighted by atomic mass is 16.3. The Balaban J connectivity index is 3.59. The SMILES string of the molecule is CCCCCCCCCCCCCC[C@@H](O)[C@H](CO)NC(=O)CCCCCCCCCCCC. The number of carbonyl (C=O) groups is 1. The fourth-order valence-electron chi connectivity index (χ4n) is 4.71. The van der Waals surface area contributed by atoms with Crippen molar-refractivity contribution in [2.75, 3.05) is 6.61 Å². The van der Waals surface area contributed by atoms with E-state index >= 15 is 0 Å². The minimum atomic E-state index is -0.648. The van der Waals surface area contributed by atoms with Crippen LogP contribution in [0.1, 0.15) is 168 Å². The summed E-state index contributed by atoms with van der Waals surface area (Å²) >= 11 is 0. The second kappa shape index (κ2) is 27.0. The van der Waals surface area contributed by atoms with Crippen molar-refractivity contribution >= 4 is 5.91 Å². The van der Waals surface area contributed by atoms with Crippen LogP contribution in [0.4, 0.5) is 0 Å². The molecule has 0 saturated carbocycles. The lowest BCUT2D eigenvalue weighted by molar-refractivity contribution is -0.123. The molecule has 2 atom stereocenters. The van der Waals surface area contributed by atoms with E-state index in [1.54, 1.807) is 0 Å². The lowest BCUT2D eigenvalue weighted by Crippen LogP contribution is -2.45. The number of amides is 1. The van der Waals surface area contributed by atoms with Gasteiger partial charge >= 0.3 is 0 Å². The highest BCUT2D eigenvalue weighted by molar-refractivity contribution is 5.76. The molecule has 0 aliphatic carbocycles. The van der Waals surface area contributed by atoms with Gasteiger partial charge in [0.15, 0.2) is 0 Å². The fourth-order valence-corrected chi connectivity index (χ4v) is 4.71. The highest BCUT2D eigenvalue weighted by Gasteiger charge is 2.19. The second-order valence-corrected chi connectivity index (χ2v) is 10.5. The molecule has 1 amide bonds. The van der Waals surface area contributed by atoms with E-state index < -0.39 is 12.1 Å². The van der Waals surface area contributed by atoms with Gasteiger partial charge in [-0.25, -0.2) is 0 Å². The van der Waals surface area contributed by atoms with Crippen molar-refractivity contribution < 1.29 is 15.0 Å². The van der Waals surface area contributed by atoms with Crippen LogP contribution in [-0.2, 0) is 4.79 Å². The van der Waals surface area contributed by atoms with Crippen molar-refractivity contribution in [1.29, 1.82) is 0 Å².